The number of nitrogens with zero attached hydrogens (tertiary/aromatic N) is 3. The molecule has 8 heteroatoms. The molecule has 1 fully saturated rings. The maximum atomic E-state index is 13.7. The van der Waals surface area contributed by atoms with Crippen molar-refractivity contribution in [1.82, 2.24) is 14.8 Å². The second kappa shape index (κ2) is 9.42. The van der Waals surface area contributed by atoms with Gasteiger partial charge < -0.3 is 5.32 Å². The van der Waals surface area contributed by atoms with E-state index in [9.17, 15) is 13.6 Å². The molecule has 0 bridgehead atoms. The summed E-state index contributed by atoms with van der Waals surface area (Å²) in [6, 6.07) is 13.2. The zero-order chi connectivity index (χ0) is 20.9. The van der Waals surface area contributed by atoms with Crippen LogP contribution in [0.15, 0.2) is 53.9 Å². The Balaban J connectivity index is 1.24. The second-order valence-electron chi connectivity index (χ2n) is 7.22. The second-order valence-corrected chi connectivity index (χ2v) is 8.16. The van der Waals surface area contributed by atoms with Crippen LogP contribution in [-0.2, 0) is 11.3 Å². The lowest BCUT2D eigenvalue weighted by molar-refractivity contribution is -0.117. The fourth-order valence-electron chi connectivity index (χ4n) is 3.41. The number of nitrogens with one attached hydrogen (secondary N) is 1. The van der Waals surface area contributed by atoms with E-state index in [0.717, 1.165) is 61.1 Å². The average molecular weight is 429 g/mol. The fraction of sp³-hybridized carbons (Fsp3) is 0.273. The number of anilines is 1. The third kappa shape index (κ3) is 5.27. The van der Waals surface area contributed by atoms with Crippen LogP contribution in [0.5, 0.6) is 0 Å². The average Bonchev–Trinajstić information content (AvgIpc) is 3.21. The Labute approximate surface area is 178 Å². The maximum Gasteiger partial charge on any atom is 0.238 e. The number of carbonyl (C=O) groups excluding carboxylic acids is 1. The minimum atomic E-state index is -0.772. The molecular weight excluding hydrogens is 406 g/mol. The molecule has 0 aliphatic carbocycles. The van der Waals surface area contributed by atoms with E-state index >= 15 is 0 Å². The lowest BCUT2D eigenvalue weighted by Gasteiger charge is -2.33. The zero-order valence-electron chi connectivity index (χ0n) is 16.4. The number of rotatable bonds is 6. The van der Waals surface area contributed by atoms with Crippen molar-refractivity contribution < 1.29 is 13.6 Å². The number of piperazine rings is 1. The molecular formula is C22H22F2N4OS. The van der Waals surface area contributed by atoms with E-state index in [1.54, 1.807) is 11.3 Å². The van der Waals surface area contributed by atoms with Gasteiger partial charge in [0, 0.05) is 43.2 Å². The lowest BCUT2D eigenvalue weighted by atomic mass is 10.2. The summed E-state index contributed by atoms with van der Waals surface area (Å²) in [5, 5.41) is 5.67. The number of amides is 1. The predicted molar refractivity (Wildman–Crippen MR) is 114 cm³/mol. The van der Waals surface area contributed by atoms with Crippen LogP contribution in [0, 0.1) is 11.6 Å². The summed E-state index contributed by atoms with van der Waals surface area (Å²) in [5.41, 5.74) is 2.12. The first-order chi connectivity index (χ1) is 14.6. The summed E-state index contributed by atoms with van der Waals surface area (Å²) in [4.78, 5) is 21.3. The number of halogens is 2. The number of aromatic nitrogens is 1. The van der Waals surface area contributed by atoms with Gasteiger partial charge in [-0.2, -0.15) is 0 Å². The van der Waals surface area contributed by atoms with Gasteiger partial charge in [-0.05, 0) is 12.1 Å². The minimum absolute atomic E-state index is 0.00183. The van der Waals surface area contributed by atoms with E-state index in [2.05, 4.69) is 27.7 Å². The first kappa shape index (κ1) is 20.6. The maximum absolute atomic E-state index is 13.7. The molecule has 1 aliphatic rings. The molecule has 5 nitrogen and oxygen atoms in total. The first-order valence-corrected chi connectivity index (χ1v) is 10.6. The molecule has 0 saturated carbocycles. The van der Waals surface area contributed by atoms with Crippen molar-refractivity contribution in [2.75, 3.05) is 38.0 Å². The number of thiazole rings is 1. The molecule has 1 amide bonds. The largest absolute Gasteiger partial charge is 0.322 e. The summed E-state index contributed by atoms with van der Waals surface area (Å²) >= 11 is 1.66. The van der Waals surface area contributed by atoms with Crippen LogP contribution in [0.1, 0.15) is 5.01 Å². The topological polar surface area (TPSA) is 48.5 Å². The third-order valence-electron chi connectivity index (χ3n) is 5.02. The standard InChI is InChI=1S/C22H22F2N4OS/c23-17-6-7-19(18(24)12-17)25-21(29)13-27-8-10-28(11-9-27)14-22-26-20(15-30-22)16-4-2-1-3-5-16/h1-7,12,15H,8-11,13-14H2,(H,25,29). The van der Waals surface area contributed by atoms with E-state index in [0.29, 0.717) is 0 Å². The van der Waals surface area contributed by atoms with Crippen LogP contribution < -0.4 is 5.32 Å². The van der Waals surface area contributed by atoms with Crippen LogP contribution in [-0.4, -0.2) is 53.4 Å². The van der Waals surface area contributed by atoms with Crippen molar-refractivity contribution in [2.24, 2.45) is 0 Å². The highest BCUT2D eigenvalue weighted by molar-refractivity contribution is 7.09. The summed E-state index contributed by atoms with van der Waals surface area (Å²) in [6.45, 7) is 4.13. The van der Waals surface area contributed by atoms with Crippen molar-refractivity contribution in [1.29, 1.82) is 0 Å². The van der Waals surface area contributed by atoms with Gasteiger partial charge in [0.15, 0.2) is 0 Å². The molecule has 2 heterocycles. The van der Waals surface area contributed by atoms with Gasteiger partial charge in [-0.1, -0.05) is 30.3 Å². The quantitative estimate of drug-likeness (QED) is 0.648. The molecule has 1 aromatic heterocycles. The molecule has 3 aromatic rings. The zero-order valence-corrected chi connectivity index (χ0v) is 17.2. The highest BCUT2D eigenvalue weighted by Gasteiger charge is 2.20. The SMILES string of the molecule is O=C(CN1CCN(Cc2nc(-c3ccccc3)cs2)CC1)Nc1ccc(F)cc1F. The van der Waals surface area contributed by atoms with E-state index < -0.39 is 11.6 Å². The fourth-order valence-corrected chi connectivity index (χ4v) is 4.25. The van der Waals surface area contributed by atoms with Crippen LogP contribution in [0.3, 0.4) is 0 Å². The van der Waals surface area contributed by atoms with Crippen LogP contribution >= 0.6 is 11.3 Å². The predicted octanol–water partition coefficient (Wildman–Crippen LogP) is 3.84. The van der Waals surface area contributed by atoms with Gasteiger partial charge in [0.05, 0.1) is 24.5 Å². The number of carbonyl (C=O) groups is 1. The van der Waals surface area contributed by atoms with E-state index in [1.165, 1.54) is 6.07 Å². The Kier molecular flexibility index (Phi) is 6.47. The van der Waals surface area contributed by atoms with E-state index in [-0.39, 0.29) is 18.1 Å². The molecule has 4 rings (SSSR count). The first-order valence-electron chi connectivity index (χ1n) is 9.76. The van der Waals surface area contributed by atoms with Gasteiger partial charge in [-0.3, -0.25) is 14.6 Å². The van der Waals surface area contributed by atoms with E-state index in [4.69, 9.17) is 4.98 Å². The number of hydrogen-bond acceptors (Lipinski definition) is 5. The third-order valence-corrected chi connectivity index (χ3v) is 5.85. The molecule has 1 N–H and O–H groups in total. The van der Waals surface area contributed by atoms with Crippen molar-refractivity contribution in [2.45, 2.75) is 6.54 Å². The van der Waals surface area contributed by atoms with Crippen LogP contribution in [0.4, 0.5) is 14.5 Å². The lowest BCUT2D eigenvalue weighted by Crippen LogP contribution is -2.48. The molecule has 30 heavy (non-hydrogen) atoms. The van der Waals surface area contributed by atoms with Crippen molar-refractivity contribution >= 4 is 22.9 Å². The Morgan fingerprint density at radius 3 is 2.50 bits per heavy atom. The smallest absolute Gasteiger partial charge is 0.238 e. The van der Waals surface area contributed by atoms with Gasteiger partial charge in [0.25, 0.3) is 0 Å². The Hall–Kier alpha value is -2.68. The Morgan fingerprint density at radius 1 is 1.03 bits per heavy atom. The van der Waals surface area contributed by atoms with Crippen molar-refractivity contribution in [3.05, 3.63) is 70.6 Å². The summed E-state index contributed by atoms with van der Waals surface area (Å²) in [5.74, 6) is -1.74. The van der Waals surface area contributed by atoms with Crippen molar-refractivity contribution in [3.8, 4) is 11.3 Å². The molecule has 0 spiro atoms. The minimum Gasteiger partial charge on any atom is -0.322 e. The molecule has 0 radical (unpaired) electrons. The van der Waals surface area contributed by atoms with Crippen LogP contribution in [0.2, 0.25) is 0 Å². The van der Waals surface area contributed by atoms with Gasteiger partial charge in [-0.25, -0.2) is 13.8 Å². The molecule has 0 atom stereocenters. The van der Waals surface area contributed by atoms with Gasteiger partial charge in [0.2, 0.25) is 5.91 Å². The van der Waals surface area contributed by atoms with Crippen molar-refractivity contribution in [3.63, 3.8) is 0 Å². The van der Waals surface area contributed by atoms with E-state index in [1.807, 2.05) is 23.1 Å². The van der Waals surface area contributed by atoms with Crippen LogP contribution in [0.25, 0.3) is 11.3 Å². The monoisotopic (exact) mass is 428 g/mol. The summed E-state index contributed by atoms with van der Waals surface area (Å²) in [7, 11) is 0. The molecule has 0 unspecified atom stereocenters. The van der Waals surface area contributed by atoms with Gasteiger partial charge in [0.1, 0.15) is 16.6 Å². The molecule has 1 saturated heterocycles. The Morgan fingerprint density at radius 2 is 1.77 bits per heavy atom. The van der Waals surface area contributed by atoms with Gasteiger partial charge in [-0.15, -0.1) is 11.3 Å². The molecule has 156 valence electrons. The summed E-state index contributed by atoms with van der Waals surface area (Å²) in [6.07, 6.45) is 0. The highest BCUT2D eigenvalue weighted by atomic mass is 32.1. The highest BCUT2D eigenvalue weighted by Crippen LogP contribution is 2.22. The number of benzene rings is 2. The molecule has 1 aliphatic heterocycles. The number of hydrogen-bond donors (Lipinski definition) is 1. The normalized spacial score (nSPS) is 15.3. The Bertz CT molecular complexity index is 1000. The van der Waals surface area contributed by atoms with Gasteiger partial charge >= 0.3 is 0 Å². The molecule has 2 aromatic carbocycles. The summed E-state index contributed by atoms with van der Waals surface area (Å²) < 4.78 is 26.6.